The minimum absolute atomic E-state index is 0. The highest BCUT2D eigenvalue weighted by molar-refractivity contribution is 14.0. The van der Waals surface area contributed by atoms with Gasteiger partial charge in [-0.3, -0.25) is 4.99 Å². The van der Waals surface area contributed by atoms with Crippen LogP contribution in [0.15, 0.2) is 23.2 Å². The third-order valence-corrected chi connectivity index (χ3v) is 4.98. The third-order valence-electron chi connectivity index (χ3n) is 4.98. The van der Waals surface area contributed by atoms with Gasteiger partial charge in [0.1, 0.15) is 5.75 Å². The molecule has 0 unspecified atom stereocenters. The van der Waals surface area contributed by atoms with Crippen molar-refractivity contribution in [2.75, 3.05) is 40.3 Å². The first kappa shape index (κ1) is 23.0. The lowest BCUT2D eigenvalue weighted by Crippen LogP contribution is -2.39. The number of guanidine groups is 1. The summed E-state index contributed by atoms with van der Waals surface area (Å²) < 4.78 is 5.38. The van der Waals surface area contributed by atoms with Crippen LogP contribution in [0, 0.1) is 12.8 Å². The van der Waals surface area contributed by atoms with Crippen molar-refractivity contribution in [3.63, 3.8) is 0 Å². The number of hydrogen-bond acceptors (Lipinski definition) is 3. The Labute approximate surface area is 176 Å². The van der Waals surface area contributed by atoms with E-state index in [4.69, 9.17) is 4.74 Å². The van der Waals surface area contributed by atoms with Gasteiger partial charge in [0, 0.05) is 20.1 Å². The van der Waals surface area contributed by atoms with Crippen LogP contribution < -0.4 is 15.4 Å². The lowest BCUT2D eigenvalue weighted by Gasteiger charge is -2.30. The molecule has 148 valence electrons. The number of ether oxygens (including phenoxy) is 1. The Kier molecular flexibility index (Phi) is 11.0. The topological polar surface area (TPSA) is 48.9 Å². The second-order valence-electron chi connectivity index (χ2n) is 7.03. The minimum atomic E-state index is 0. The Morgan fingerprint density at radius 1 is 1.27 bits per heavy atom. The molecule has 1 aromatic carbocycles. The summed E-state index contributed by atoms with van der Waals surface area (Å²) in [4.78, 5) is 6.89. The minimum Gasteiger partial charge on any atom is -0.496 e. The predicted octanol–water partition coefficient (Wildman–Crippen LogP) is 3.41. The Balaban J connectivity index is 0.00000338. The fourth-order valence-corrected chi connectivity index (χ4v) is 3.18. The molecule has 0 spiro atoms. The van der Waals surface area contributed by atoms with E-state index in [2.05, 4.69) is 52.6 Å². The second kappa shape index (κ2) is 12.4. The van der Waals surface area contributed by atoms with Crippen LogP contribution in [-0.4, -0.2) is 51.2 Å². The van der Waals surface area contributed by atoms with Crippen LogP contribution in [0.25, 0.3) is 0 Å². The Hall–Kier alpha value is -1.02. The van der Waals surface area contributed by atoms with Gasteiger partial charge in [-0.25, -0.2) is 0 Å². The fraction of sp³-hybridized carbons (Fsp3) is 0.650. The number of likely N-dealkylation sites (tertiary alicyclic amines) is 1. The summed E-state index contributed by atoms with van der Waals surface area (Å²) in [5.74, 6) is 2.68. The van der Waals surface area contributed by atoms with Gasteiger partial charge in [-0.15, -0.1) is 24.0 Å². The third kappa shape index (κ3) is 7.70. The average Bonchev–Trinajstić information content (AvgIpc) is 2.63. The van der Waals surface area contributed by atoms with Gasteiger partial charge in [-0.2, -0.15) is 0 Å². The molecule has 2 rings (SSSR count). The summed E-state index contributed by atoms with van der Waals surface area (Å²) in [5, 5.41) is 6.78. The van der Waals surface area contributed by atoms with Crippen molar-refractivity contribution in [1.29, 1.82) is 0 Å². The molecule has 1 aliphatic heterocycles. The quantitative estimate of drug-likeness (QED) is 0.275. The molecule has 0 amide bonds. The second-order valence-corrected chi connectivity index (χ2v) is 7.03. The van der Waals surface area contributed by atoms with Gasteiger partial charge in [-0.1, -0.05) is 19.1 Å². The van der Waals surface area contributed by atoms with Gasteiger partial charge in [0.05, 0.1) is 7.11 Å². The molecule has 1 heterocycles. The number of benzene rings is 1. The molecule has 1 saturated heterocycles. The summed E-state index contributed by atoms with van der Waals surface area (Å²) in [5.41, 5.74) is 2.34. The zero-order valence-electron chi connectivity index (χ0n) is 16.7. The summed E-state index contributed by atoms with van der Waals surface area (Å²) in [6.45, 7) is 9.78. The van der Waals surface area contributed by atoms with E-state index in [-0.39, 0.29) is 24.0 Å². The number of methoxy groups -OCH3 is 1. The lowest BCUT2D eigenvalue weighted by atomic mass is 9.99. The largest absolute Gasteiger partial charge is 0.496 e. The van der Waals surface area contributed by atoms with Gasteiger partial charge in [0.2, 0.25) is 0 Å². The summed E-state index contributed by atoms with van der Waals surface area (Å²) in [7, 11) is 3.53. The summed E-state index contributed by atoms with van der Waals surface area (Å²) in [6, 6.07) is 6.29. The van der Waals surface area contributed by atoms with Crippen LogP contribution in [0.3, 0.4) is 0 Å². The fourth-order valence-electron chi connectivity index (χ4n) is 3.18. The number of nitrogens with one attached hydrogen (secondary N) is 2. The number of rotatable bonds is 7. The first-order chi connectivity index (χ1) is 12.1. The maximum absolute atomic E-state index is 5.38. The van der Waals surface area contributed by atoms with Crippen molar-refractivity contribution >= 4 is 29.9 Å². The molecule has 0 bridgehead atoms. The molecule has 0 aliphatic carbocycles. The maximum atomic E-state index is 5.38. The van der Waals surface area contributed by atoms with Crippen molar-refractivity contribution in [1.82, 2.24) is 15.5 Å². The van der Waals surface area contributed by atoms with Gasteiger partial charge < -0.3 is 20.3 Å². The highest BCUT2D eigenvalue weighted by atomic mass is 127. The standard InChI is InChI=1S/C20H34N4O.HI/c1-16-8-12-24(13-9-16)11-5-10-22-20(21-3)23-15-18-7-6-17(2)19(14-18)25-4;/h6-7,14,16H,5,8-13,15H2,1-4H3,(H2,21,22,23);1H. The van der Waals surface area contributed by atoms with E-state index in [1.807, 2.05) is 7.05 Å². The molecule has 0 aromatic heterocycles. The van der Waals surface area contributed by atoms with E-state index in [9.17, 15) is 0 Å². The zero-order chi connectivity index (χ0) is 18.1. The highest BCUT2D eigenvalue weighted by Crippen LogP contribution is 2.18. The number of halogens is 1. The molecule has 0 atom stereocenters. The van der Waals surface area contributed by atoms with E-state index in [1.165, 1.54) is 38.0 Å². The molecule has 5 nitrogen and oxygen atoms in total. The Morgan fingerprint density at radius 3 is 2.65 bits per heavy atom. The van der Waals surface area contributed by atoms with E-state index < -0.39 is 0 Å². The van der Waals surface area contributed by atoms with Crippen LogP contribution in [0.4, 0.5) is 0 Å². The highest BCUT2D eigenvalue weighted by Gasteiger charge is 2.14. The SMILES string of the molecule is CN=C(NCCCN1CCC(C)CC1)NCc1ccc(C)c(OC)c1.I. The normalized spacial score (nSPS) is 16.1. The first-order valence-corrected chi connectivity index (χ1v) is 9.42. The van der Waals surface area contributed by atoms with E-state index in [0.717, 1.165) is 42.7 Å². The number of hydrogen-bond donors (Lipinski definition) is 2. The Bertz CT molecular complexity index is 557. The molecule has 26 heavy (non-hydrogen) atoms. The van der Waals surface area contributed by atoms with Gasteiger partial charge >= 0.3 is 0 Å². The smallest absolute Gasteiger partial charge is 0.191 e. The number of piperidine rings is 1. The van der Waals surface area contributed by atoms with Crippen molar-refractivity contribution in [3.05, 3.63) is 29.3 Å². The van der Waals surface area contributed by atoms with Crippen LogP contribution in [-0.2, 0) is 6.54 Å². The summed E-state index contributed by atoms with van der Waals surface area (Å²) >= 11 is 0. The summed E-state index contributed by atoms with van der Waals surface area (Å²) in [6.07, 6.45) is 3.83. The van der Waals surface area contributed by atoms with Crippen LogP contribution in [0.5, 0.6) is 5.75 Å². The first-order valence-electron chi connectivity index (χ1n) is 9.42. The molecule has 6 heteroatoms. The zero-order valence-corrected chi connectivity index (χ0v) is 19.0. The van der Waals surface area contributed by atoms with Gasteiger partial charge in [0.15, 0.2) is 5.96 Å². The van der Waals surface area contributed by atoms with Crippen molar-refractivity contribution in [2.45, 2.75) is 39.7 Å². The number of aliphatic imine (C=N–C) groups is 1. The average molecular weight is 474 g/mol. The molecule has 0 radical (unpaired) electrons. The predicted molar refractivity (Wildman–Crippen MR) is 121 cm³/mol. The van der Waals surface area contributed by atoms with Crippen molar-refractivity contribution in [3.8, 4) is 5.75 Å². The molecule has 2 N–H and O–H groups in total. The van der Waals surface area contributed by atoms with Crippen molar-refractivity contribution < 1.29 is 4.74 Å². The van der Waals surface area contributed by atoms with Crippen LogP contribution in [0.1, 0.15) is 37.3 Å². The molecule has 1 fully saturated rings. The number of aryl methyl sites for hydroxylation is 1. The van der Waals surface area contributed by atoms with Gasteiger partial charge in [-0.05, 0) is 68.9 Å². The van der Waals surface area contributed by atoms with Gasteiger partial charge in [0.25, 0.3) is 0 Å². The monoisotopic (exact) mass is 474 g/mol. The molecule has 0 saturated carbocycles. The molecular formula is C20H35IN4O. The van der Waals surface area contributed by atoms with E-state index in [1.54, 1.807) is 7.11 Å². The van der Waals surface area contributed by atoms with Crippen molar-refractivity contribution in [2.24, 2.45) is 10.9 Å². The molecule has 1 aliphatic rings. The molecular weight excluding hydrogens is 439 g/mol. The van der Waals surface area contributed by atoms with Crippen LogP contribution in [0.2, 0.25) is 0 Å². The lowest BCUT2D eigenvalue weighted by molar-refractivity contribution is 0.191. The number of nitrogens with zero attached hydrogens (tertiary/aromatic N) is 2. The molecule has 1 aromatic rings. The van der Waals surface area contributed by atoms with E-state index in [0.29, 0.717) is 0 Å². The maximum Gasteiger partial charge on any atom is 0.191 e. The van der Waals surface area contributed by atoms with E-state index >= 15 is 0 Å². The van der Waals surface area contributed by atoms with Crippen LogP contribution >= 0.6 is 24.0 Å². The Morgan fingerprint density at radius 2 is 2.00 bits per heavy atom.